The number of alkyl halides is 3. The minimum Gasteiger partial charge on any atom is -0.493 e. The van der Waals surface area contributed by atoms with Gasteiger partial charge in [0, 0.05) is 37.9 Å². The number of piperazine rings is 1. The second-order valence-electron chi connectivity index (χ2n) is 8.40. The summed E-state index contributed by atoms with van der Waals surface area (Å²) < 4.78 is 77.1. The molecule has 0 spiro atoms. The molecule has 1 amide bonds. The summed E-state index contributed by atoms with van der Waals surface area (Å²) in [5.74, 6) is -0.173. The van der Waals surface area contributed by atoms with Gasteiger partial charge in [0.05, 0.1) is 31.1 Å². The molecule has 208 valence electrons. The first-order chi connectivity index (χ1) is 17.8. The summed E-state index contributed by atoms with van der Waals surface area (Å²) in [5, 5.41) is 2.56. The van der Waals surface area contributed by atoms with Crippen molar-refractivity contribution in [3.05, 3.63) is 47.5 Å². The van der Waals surface area contributed by atoms with E-state index in [1.54, 1.807) is 0 Å². The lowest BCUT2D eigenvalue weighted by molar-refractivity contribution is -0.137. The lowest BCUT2D eigenvalue weighted by atomic mass is 10.1. The summed E-state index contributed by atoms with van der Waals surface area (Å²) >= 11 is 5.08. The number of hydrazine groups is 1. The lowest BCUT2D eigenvalue weighted by Crippen LogP contribution is -2.47. The van der Waals surface area contributed by atoms with Crippen LogP contribution in [0.3, 0.4) is 0 Å². The highest BCUT2D eigenvalue weighted by molar-refractivity contribution is 7.89. The second-order valence-corrected chi connectivity index (χ2v) is 10.7. The molecule has 0 aliphatic carbocycles. The van der Waals surface area contributed by atoms with Gasteiger partial charge in [-0.15, -0.1) is 0 Å². The van der Waals surface area contributed by atoms with Crippen molar-refractivity contribution < 1.29 is 35.9 Å². The van der Waals surface area contributed by atoms with Crippen molar-refractivity contribution in [2.45, 2.75) is 17.5 Å². The van der Waals surface area contributed by atoms with Gasteiger partial charge >= 0.3 is 6.18 Å². The Balaban J connectivity index is 1.72. The predicted molar refractivity (Wildman–Crippen MR) is 138 cm³/mol. The molecule has 0 unspecified atom stereocenters. The van der Waals surface area contributed by atoms with Gasteiger partial charge in [-0.3, -0.25) is 15.6 Å². The zero-order valence-electron chi connectivity index (χ0n) is 20.9. The number of sulfonamides is 1. The number of rotatable bonds is 7. The third-order valence-corrected chi connectivity index (χ3v) is 7.97. The Morgan fingerprint density at radius 2 is 1.58 bits per heavy atom. The van der Waals surface area contributed by atoms with Gasteiger partial charge in [0.15, 0.2) is 16.6 Å². The largest absolute Gasteiger partial charge is 0.493 e. The zero-order chi connectivity index (χ0) is 28.1. The maximum atomic E-state index is 13.5. The van der Waals surface area contributed by atoms with Gasteiger partial charge in [-0.2, -0.15) is 17.5 Å². The molecule has 10 nitrogen and oxygen atoms in total. The Morgan fingerprint density at radius 3 is 2.13 bits per heavy atom. The number of benzene rings is 2. The van der Waals surface area contributed by atoms with E-state index in [0.717, 1.165) is 12.1 Å². The summed E-state index contributed by atoms with van der Waals surface area (Å²) in [5.41, 5.74) is 4.45. The maximum absolute atomic E-state index is 13.5. The van der Waals surface area contributed by atoms with E-state index < -0.39 is 27.7 Å². The highest BCUT2D eigenvalue weighted by atomic mass is 32.2. The quantitative estimate of drug-likeness (QED) is 0.338. The van der Waals surface area contributed by atoms with Crippen LogP contribution in [0.25, 0.3) is 0 Å². The molecule has 0 atom stereocenters. The number of ether oxygens (including phenoxy) is 2. The van der Waals surface area contributed by atoms with Crippen LogP contribution in [0.15, 0.2) is 41.3 Å². The number of carbonyl (C=O) groups excluding carboxylic acids is 1. The number of hydrogen-bond acceptors (Lipinski definition) is 7. The molecule has 1 fully saturated rings. The Bertz CT molecular complexity index is 1270. The van der Waals surface area contributed by atoms with E-state index in [-0.39, 0.29) is 39.2 Å². The molecule has 3 rings (SSSR count). The smallest absolute Gasteiger partial charge is 0.416 e. The van der Waals surface area contributed by atoms with Gasteiger partial charge in [-0.25, -0.2) is 8.42 Å². The maximum Gasteiger partial charge on any atom is 0.416 e. The molecule has 0 aromatic heterocycles. The molecule has 3 N–H and O–H groups in total. The molecule has 1 heterocycles. The number of anilines is 1. The molecule has 0 saturated carbocycles. The van der Waals surface area contributed by atoms with Gasteiger partial charge in [0.25, 0.3) is 0 Å². The normalized spacial score (nSPS) is 15.0. The van der Waals surface area contributed by atoms with E-state index in [0.29, 0.717) is 26.2 Å². The first kappa shape index (κ1) is 29.4. The molecular formula is C23H28F3N5O5S2. The molecule has 1 aliphatic rings. The molecule has 1 aliphatic heterocycles. The fourth-order valence-electron chi connectivity index (χ4n) is 3.70. The zero-order valence-corrected chi connectivity index (χ0v) is 22.5. The van der Waals surface area contributed by atoms with Crippen LogP contribution in [0.4, 0.5) is 18.9 Å². The van der Waals surface area contributed by atoms with E-state index in [2.05, 4.69) is 16.2 Å². The van der Waals surface area contributed by atoms with Crippen molar-refractivity contribution in [3.8, 4) is 11.5 Å². The van der Waals surface area contributed by atoms with Gasteiger partial charge in [0.2, 0.25) is 15.9 Å². The highest BCUT2D eigenvalue weighted by Gasteiger charge is 2.32. The van der Waals surface area contributed by atoms with Crippen LogP contribution >= 0.6 is 12.2 Å². The summed E-state index contributed by atoms with van der Waals surface area (Å²) in [6.45, 7) is 1.72. The first-order valence-corrected chi connectivity index (χ1v) is 13.2. The second kappa shape index (κ2) is 12.1. The molecule has 2 aromatic rings. The van der Waals surface area contributed by atoms with Crippen molar-refractivity contribution in [1.82, 2.24) is 20.1 Å². The van der Waals surface area contributed by atoms with Gasteiger partial charge in [0.1, 0.15) is 0 Å². The standard InChI is InChI=1S/C23H28F3N5O5S2/c1-30-8-10-31(11-9-30)38(33,34)20-14-19(36-3)18(35-2)12-15(20)13-21(32)28-29-22(37)27-17-6-4-16(5-7-17)23(24,25)26/h4-7,12,14H,8-11,13H2,1-3H3,(H,28,32)(H2,27,29,37). The Morgan fingerprint density at radius 1 is 1.00 bits per heavy atom. The van der Waals surface area contributed by atoms with Crippen LogP contribution in [0.2, 0.25) is 0 Å². The first-order valence-electron chi connectivity index (χ1n) is 11.3. The van der Waals surface area contributed by atoms with Gasteiger partial charge < -0.3 is 19.7 Å². The minimum absolute atomic E-state index is 0.0830. The van der Waals surface area contributed by atoms with E-state index in [1.165, 1.54) is 42.8 Å². The van der Waals surface area contributed by atoms with Crippen molar-refractivity contribution in [2.75, 3.05) is 52.8 Å². The van der Waals surface area contributed by atoms with E-state index >= 15 is 0 Å². The average Bonchev–Trinajstić information content (AvgIpc) is 2.87. The molecule has 0 radical (unpaired) electrons. The number of carbonyl (C=O) groups is 1. The number of nitrogens with one attached hydrogen (secondary N) is 3. The lowest BCUT2D eigenvalue weighted by Gasteiger charge is -2.32. The van der Waals surface area contributed by atoms with Crippen molar-refractivity contribution in [2.24, 2.45) is 0 Å². The summed E-state index contributed by atoms with van der Waals surface area (Å²) in [6.07, 6.45) is -4.81. The summed E-state index contributed by atoms with van der Waals surface area (Å²) in [6, 6.07) is 6.93. The topological polar surface area (TPSA) is 112 Å². The number of nitrogens with zero attached hydrogens (tertiary/aromatic N) is 2. The van der Waals surface area contributed by atoms with E-state index in [9.17, 15) is 26.4 Å². The Hall–Kier alpha value is -3.14. The number of hydrogen-bond donors (Lipinski definition) is 3. The van der Waals surface area contributed by atoms with Crippen LogP contribution in [-0.4, -0.2) is 76.1 Å². The SMILES string of the molecule is COc1cc(CC(=O)NNC(=S)Nc2ccc(C(F)(F)F)cc2)c(S(=O)(=O)N2CCN(C)CC2)cc1OC. The molecule has 38 heavy (non-hydrogen) atoms. The number of thiocarbonyl (C=S) groups is 1. The third-order valence-electron chi connectivity index (χ3n) is 5.78. The number of halogens is 3. The van der Waals surface area contributed by atoms with Gasteiger partial charge in [-0.1, -0.05) is 0 Å². The summed E-state index contributed by atoms with van der Waals surface area (Å²) in [4.78, 5) is 14.6. The molecule has 2 aromatic carbocycles. The van der Waals surface area contributed by atoms with Crippen molar-refractivity contribution >= 4 is 38.9 Å². The Labute approximate surface area is 224 Å². The average molecular weight is 576 g/mol. The minimum atomic E-state index is -4.47. The van der Waals surface area contributed by atoms with E-state index in [4.69, 9.17) is 21.7 Å². The number of likely N-dealkylation sites (N-methyl/N-ethyl adjacent to an activating group) is 1. The molecular weight excluding hydrogens is 547 g/mol. The Kier molecular flexibility index (Phi) is 9.40. The van der Waals surface area contributed by atoms with Gasteiger partial charge in [-0.05, 0) is 55.2 Å². The third kappa shape index (κ3) is 7.24. The fourth-order valence-corrected chi connectivity index (χ4v) is 5.51. The number of methoxy groups -OCH3 is 2. The van der Waals surface area contributed by atoms with Crippen LogP contribution in [0.5, 0.6) is 11.5 Å². The predicted octanol–water partition coefficient (Wildman–Crippen LogP) is 2.22. The van der Waals surface area contributed by atoms with E-state index in [1.807, 2.05) is 11.9 Å². The van der Waals surface area contributed by atoms with Crippen LogP contribution < -0.4 is 25.6 Å². The number of amides is 1. The van der Waals surface area contributed by atoms with Crippen LogP contribution in [0, 0.1) is 0 Å². The monoisotopic (exact) mass is 575 g/mol. The fraction of sp³-hybridized carbons (Fsp3) is 0.391. The van der Waals surface area contributed by atoms with Crippen molar-refractivity contribution in [1.29, 1.82) is 0 Å². The van der Waals surface area contributed by atoms with Crippen LogP contribution in [-0.2, 0) is 27.4 Å². The molecule has 15 heteroatoms. The summed E-state index contributed by atoms with van der Waals surface area (Å²) in [7, 11) is 0.722. The molecule has 1 saturated heterocycles. The van der Waals surface area contributed by atoms with Crippen molar-refractivity contribution in [3.63, 3.8) is 0 Å². The van der Waals surface area contributed by atoms with Crippen LogP contribution in [0.1, 0.15) is 11.1 Å². The molecule has 0 bridgehead atoms. The highest BCUT2D eigenvalue weighted by Crippen LogP contribution is 2.34.